The number of aromatic nitrogens is 2. The molecule has 1 aromatic heterocycles. The van der Waals surface area contributed by atoms with E-state index < -0.39 is 10.0 Å². The van der Waals surface area contributed by atoms with Gasteiger partial charge in [-0.05, 0) is 6.42 Å². The summed E-state index contributed by atoms with van der Waals surface area (Å²) in [6, 6.07) is 0. The zero-order valence-electron chi connectivity index (χ0n) is 8.23. The highest BCUT2D eigenvalue weighted by Crippen LogP contribution is 2.10. The second kappa shape index (κ2) is 5.24. The van der Waals surface area contributed by atoms with E-state index in [2.05, 4.69) is 19.4 Å². The van der Waals surface area contributed by atoms with Gasteiger partial charge >= 0.3 is 0 Å². The van der Waals surface area contributed by atoms with Crippen LogP contribution in [-0.4, -0.2) is 37.1 Å². The van der Waals surface area contributed by atoms with Crippen LogP contribution in [-0.2, 0) is 10.0 Å². The first-order valence-corrected chi connectivity index (χ1v) is 6.91. The summed E-state index contributed by atoms with van der Waals surface area (Å²) < 4.78 is 27.6. The number of nitrogens with zero attached hydrogens (tertiary/aromatic N) is 2. The summed E-state index contributed by atoms with van der Waals surface area (Å²) in [5, 5.41) is 3.63. The van der Waals surface area contributed by atoms with Crippen molar-refractivity contribution in [3.8, 4) is 0 Å². The number of hydrogen-bond acceptors (Lipinski definition) is 7. The molecular formula is C6H13N5O2S2. The van der Waals surface area contributed by atoms with E-state index in [1.165, 1.54) is 11.5 Å². The Bertz CT molecular complexity index is 401. The van der Waals surface area contributed by atoms with Crippen LogP contribution >= 0.6 is 11.5 Å². The molecule has 0 aliphatic heterocycles. The van der Waals surface area contributed by atoms with Gasteiger partial charge in [0.15, 0.2) is 0 Å². The average Bonchev–Trinajstić information content (AvgIpc) is 2.49. The molecule has 0 saturated carbocycles. The lowest BCUT2D eigenvalue weighted by Gasteiger charge is -2.02. The van der Waals surface area contributed by atoms with Crippen LogP contribution in [0.3, 0.4) is 0 Å². The van der Waals surface area contributed by atoms with Crippen molar-refractivity contribution < 1.29 is 8.42 Å². The fraction of sp³-hybridized carbons (Fsp3) is 0.667. The van der Waals surface area contributed by atoms with Gasteiger partial charge in [0.2, 0.25) is 21.1 Å². The summed E-state index contributed by atoms with van der Waals surface area (Å²) in [5.74, 6) is 0.247. The molecule has 9 heteroatoms. The van der Waals surface area contributed by atoms with Crippen molar-refractivity contribution >= 4 is 32.6 Å². The van der Waals surface area contributed by atoms with Crippen LogP contribution in [0.25, 0.3) is 0 Å². The van der Waals surface area contributed by atoms with E-state index >= 15 is 0 Å². The van der Waals surface area contributed by atoms with E-state index in [4.69, 9.17) is 5.73 Å². The Morgan fingerprint density at radius 3 is 2.73 bits per heavy atom. The van der Waals surface area contributed by atoms with Crippen LogP contribution in [0, 0.1) is 0 Å². The van der Waals surface area contributed by atoms with E-state index in [1.807, 2.05) is 0 Å². The Kier molecular flexibility index (Phi) is 4.24. The first-order valence-electron chi connectivity index (χ1n) is 4.25. The molecule has 86 valence electrons. The van der Waals surface area contributed by atoms with Gasteiger partial charge in [-0.15, -0.1) is 0 Å². The minimum absolute atomic E-state index is 0.247. The van der Waals surface area contributed by atoms with Gasteiger partial charge in [-0.3, -0.25) is 0 Å². The lowest BCUT2D eigenvalue weighted by molar-refractivity contribution is 0.586. The highest BCUT2D eigenvalue weighted by atomic mass is 32.2. The smallest absolute Gasteiger partial charge is 0.233 e. The molecule has 7 nitrogen and oxygen atoms in total. The Balaban J connectivity index is 2.12. The molecule has 0 spiro atoms. The molecule has 1 aromatic rings. The summed E-state index contributed by atoms with van der Waals surface area (Å²) in [6.45, 7) is 1.03. The van der Waals surface area contributed by atoms with Crippen LogP contribution < -0.4 is 15.8 Å². The fourth-order valence-corrected chi connectivity index (χ4v) is 1.88. The van der Waals surface area contributed by atoms with Crippen molar-refractivity contribution in [2.75, 3.05) is 30.4 Å². The van der Waals surface area contributed by atoms with Gasteiger partial charge < -0.3 is 11.1 Å². The minimum Gasteiger partial charge on any atom is -0.367 e. The molecule has 0 aliphatic carbocycles. The maximum absolute atomic E-state index is 10.7. The molecule has 0 bridgehead atoms. The van der Waals surface area contributed by atoms with Gasteiger partial charge in [0, 0.05) is 24.6 Å². The largest absolute Gasteiger partial charge is 0.367 e. The molecule has 0 aliphatic rings. The van der Waals surface area contributed by atoms with Gasteiger partial charge in [-0.1, -0.05) is 0 Å². The number of hydrogen-bond donors (Lipinski definition) is 3. The molecule has 1 heterocycles. The third-order valence-electron chi connectivity index (χ3n) is 1.44. The van der Waals surface area contributed by atoms with Crippen molar-refractivity contribution in [1.29, 1.82) is 0 Å². The van der Waals surface area contributed by atoms with E-state index in [0.29, 0.717) is 24.6 Å². The van der Waals surface area contributed by atoms with Gasteiger partial charge in [-0.2, -0.15) is 9.36 Å². The monoisotopic (exact) mass is 251 g/mol. The quantitative estimate of drug-likeness (QED) is 0.586. The Hall–Kier alpha value is -0.930. The highest BCUT2D eigenvalue weighted by molar-refractivity contribution is 7.88. The summed E-state index contributed by atoms with van der Waals surface area (Å²) in [6.07, 6.45) is 1.80. The van der Waals surface area contributed by atoms with Gasteiger partial charge in [0.25, 0.3) is 0 Å². The van der Waals surface area contributed by atoms with Gasteiger partial charge in [0.05, 0.1) is 6.26 Å². The minimum atomic E-state index is -3.09. The first-order chi connectivity index (χ1) is 6.97. The number of anilines is 2. The van der Waals surface area contributed by atoms with Crippen LogP contribution in [0.5, 0.6) is 0 Å². The van der Waals surface area contributed by atoms with Crippen molar-refractivity contribution in [2.45, 2.75) is 6.42 Å². The maximum atomic E-state index is 10.7. The van der Waals surface area contributed by atoms with E-state index in [9.17, 15) is 8.42 Å². The van der Waals surface area contributed by atoms with Gasteiger partial charge in [-0.25, -0.2) is 13.1 Å². The summed E-state index contributed by atoms with van der Waals surface area (Å²) >= 11 is 1.18. The molecular weight excluding hydrogens is 238 g/mol. The van der Waals surface area contributed by atoms with Crippen LogP contribution in [0.2, 0.25) is 0 Å². The SMILES string of the molecule is CS(=O)(=O)NCCCNc1nc(N)ns1. The number of nitrogens with one attached hydrogen (secondary N) is 2. The molecule has 0 atom stereocenters. The van der Waals surface area contributed by atoms with Crippen molar-refractivity contribution in [3.05, 3.63) is 0 Å². The predicted molar refractivity (Wildman–Crippen MR) is 60.3 cm³/mol. The maximum Gasteiger partial charge on any atom is 0.233 e. The third kappa shape index (κ3) is 5.50. The lowest BCUT2D eigenvalue weighted by atomic mass is 10.4. The zero-order chi connectivity index (χ0) is 11.3. The van der Waals surface area contributed by atoms with Crippen LogP contribution in [0.1, 0.15) is 6.42 Å². The first kappa shape index (κ1) is 12.1. The molecule has 0 fully saturated rings. The standard InChI is InChI=1S/C6H13N5O2S2/c1-15(12,13)9-4-2-3-8-6-10-5(7)11-14-6/h9H,2-4H2,1H3,(H3,7,8,10,11). The van der Waals surface area contributed by atoms with E-state index in [-0.39, 0.29) is 5.95 Å². The number of nitrogens with two attached hydrogens (primary N) is 1. The van der Waals surface area contributed by atoms with Crippen molar-refractivity contribution in [3.63, 3.8) is 0 Å². The Morgan fingerprint density at radius 1 is 1.47 bits per heavy atom. The molecule has 4 N–H and O–H groups in total. The average molecular weight is 251 g/mol. The van der Waals surface area contributed by atoms with E-state index in [0.717, 1.165) is 6.26 Å². The molecule has 0 aromatic carbocycles. The molecule has 0 saturated heterocycles. The lowest BCUT2D eigenvalue weighted by Crippen LogP contribution is -2.24. The second-order valence-corrected chi connectivity index (χ2v) is 5.49. The fourth-order valence-electron chi connectivity index (χ4n) is 0.848. The molecule has 0 radical (unpaired) electrons. The van der Waals surface area contributed by atoms with Crippen LogP contribution in [0.15, 0.2) is 0 Å². The van der Waals surface area contributed by atoms with Crippen LogP contribution in [0.4, 0.5) is 11.1 Å². The Morgan fingerprint density at radius 2 is 2.20 bits per heavy atom. The zero-order valence-corrected chi connectivity index (χ0v) is 9.86. The number of nitrogen functional groups attached to an aromatic ring is 1. The van der Waals surface area contributed by atoms with Crippen molar-refractivity contribution in [1.82, 2.24) is 14.1 Å². The number of rotatable bonds is 6. The number of sulfonamides is 1. The molecule has 1 rings (SSSR count). The second-order valence-electron chi connectivity index (χ2n) is 2.90. The highest BCUT2D eigenvalue weighted by Gasteiger charge is 2.00. The van der Waals surface area contributed by atoms with Gasteiger partial charge in [0.1, 0.15) is 0 Å². The topological polar surface area (TPSA) is 110 Å². The normalized spacial score (nSPS) is 11.5. The van der Waals surface area contributed by atoms with E-state index in [1.54, 1.807) is 0 Å². The van der Waals surface area contributed by atoms with Crippen molar-refractivity contribution in [2.24, 2.45) is 0 Å². The predicted octanol–water partition coefficient (Wildman–Crippen LogP) is -0.529. The Labute approximate surface area is 92.3 Å². The third-order valence-corrected chi connectivity index (χ3v) is 2.85. The molecule has 0 unspecified atom stereocenters. The molecule has 15 heavy (non-hydrogen) atoms. The molecule has 0 amide bonds. The summed E-state index contributed by atoms with van der Waals surface area (Å²) in [4.78, 5) is 3.89. The summed E-state index contributed by atoms with van der Waals surface area (Å²) in [5.41, 5.74) is 5.32. The summed E-state index contributed by atoms with van der Waals surface area (Å²) in [7, 11) is -3.09.